The normalized spacial score (nSPS) is 21.4. The third-order valence-corrected chi connectivity index (χ3v) is 1.73. The van der Waals surface area contributed by atoms with Gasteiger partial charge in [-0.1, -0.05) is 0 Å². The van der Waals surface area contributed by atoms with Crippen LogP contribution in [0.2, 0.25) is 0 Å². The second-order valence-electron chi connectivity index (χ2n) is 2.71. The van der Waals surface area contributed by atoms with Gasteiger partial charge in [0.1, 0.15) is 6.10 Å². The van der Waals surface area contributed by atoms with Crippen molar-refractivity contribution < 1.29 is 23.8 Å². The molecular formula is C6H8F2O3. The van der Waals surface area contributed by atoms with E-state index in [0.29, 0.717) is 12.8 Å². The van der Waals surface area contributed by atoms with Gasteiger partial charge in [-0.3, -0.25) is 0 Å². The molecule has 0 spiro atoms. The summed E-state index contributed by atoms with van der Waals surface area (Å²) in [7, 11) is 0. The minimum Gasteiger partial charge on any atom is -0.477 e. The first-order chi connectivity index (χ1) is 4.96. The molecule has 11 heavy (non-hydrogen) atoms. The Morgan fingerprint density at radius 3 is 2.27 bits per heavy atom. The summed E-state index contributed by atoms with van der Waals surface area (Å²) in [6, 6.07) is 0. The predicted molar refractivity (Wildman–Crippen MR) is 31.3 cm³/mol. The summed E-state index contributed by atoms with van der Waals surface area (Å²) in [6.45, 7) is 0. The van der Waals surface area contributed by atoms with Gasteiger partial charge in [-0.15, -0.1) is 0 Å². The molecule has 0 bridgehead atoms. The first-order valence-corrected chi connectivity index (χ1v) is 3.25. The molecule has 0 aromatic carbocycles. The minimum absolute atomic E-state index is 0.490. The van der Waals surface area contributed by atoms with Crippen LogP contribution in [-0.2, 0) is 4.79 Å². The monoisotopic (exact) mass is 166 g/mol. The van der Waals surface area contributed by atoms with Crippen LogP contribution in [0.3, 0.4) is 0 Å². The summed E-state index contributed by atoms with van der Waals surface area (Å²) in [6.07, 6.45) is -1.03. The Morgan fingerprint density at radius 2 is 2.00 bits per heavy atom. The van der Waals surface area contributed by atoms with Crippen molar-refractivity contribution in [2.24, 2.45) is 5.92 Å². The summed E-state index contributed by atoms with van der Waals surface area (Å²) in [5.41, 5.74) is 0. The summed E-state index contributed by atoms with van der Waals surface area (Å²) >= 11 is 0. The standard InChI is InChI=1S/C6H8F2O3/c7-6(8,5(10)11)4(9)3-1-2-3/h3-4,9H,1-2H2,(H,10,11). The van der Waals surface area contributed by atoms with Gasteiger partial charge in [0.25, 0.3) is 0 Å². The number of aliphatic carboxylic acids is 1. The third-order valence-electron chi connectivity index (χ3n) is 1.73. The minimum atomic E-state index is -3.98. The van der Waals surface area contributed by atoms with E-state index in [1.165, 1.54) is 0 Å². The maximum atomic E-state index is 12.4. The number of carboxylic acids is 1. The van der Waals surface area contributed by atoms with Crippen LogP contribution in [0.15, 0.2) is 0 Å². The molecule has 1 fully saturated rings. The molecule has 3 nitrogen and oxygen atoms in total. The van der Waals surface area contributed by atoms with Gasteiger partial charge < -0.3 is 10.2 Å². The lowest BCUT2D eigenvalue weighted by atomic mass is 10.1. The summed E-state index contributed by atoms with van der Waals surface area (Å²) < 4.78 is 24.8. The molecule has 1 atom stereocenters. The second kappa shape index (κ2) is 2.41. The number of hydrogen-bond acceptors (Lipinski definition) is 2. The van der Waals surface area contributed by atoms with E-state index in [4.69, 9.17) is 10.2 Å². The van der Waals surface area contributed by atoms with Gasteiger partial charge in [0, 0.05) is 0 Å². The maximum Gasteiger partial charge on any atom is 0.377 e. The fraction of sp³-hybridized carbons (Fsp3) is 0.833. The SMILES string of the molecule is O=C(O)C(F)(F)C(O)C1CC1. The smallest absolute Gasteiger partial charge is 0.377 e. The molecular weight excluding hydrogens is 158 g/mol. The van der Waals surface area contributed by atoms with E-state index in [-0.39, 0.29) is 0 Å². The number of carbonyl (C=O) groups is 1. The van der Waals surface area contributed by atoms with E-state index in [1.54, 1.807) is 0 Å². The first-order valence-electron chi connectivity index (χ1n) is 3.25. The summed E-state index contributed by atoms with van der Waals surface area (Å²) in [5.74, 6) is -6.76. The second-order valence-corrected chi connectivity index (χ2v) is 2.71. The molecule has 0 aromatic rings. The topological polar surface area (TPSA) is 57.5 Å². The zero-order chi connectivity index (χ0) is 8.65. The highest BCUT2D eigenvalue weighted by molar-refractivity contribution is 5.76. The van der Waals surface area contributed by atoms with Crippen molar-refractivity contribution in [3.8, 4) is 0 Å². The number of halogens is 2. The molecule has 1 aliphatic carbocycles. The number of rotatable bonds is 3. The van der Waals surface area contributed by atoms with Crippen molar-refractivity contribution >= 4 is 5.97 Å². The van der Waals surface area contributed by atoms with Crippen molar-refractivity contribution in [1.82, 2.24) is 0 Å². The van der Waals surface area contributed by atoms with Crippen LogP contribution in [-0.4, -0.2) is 28.2 Å². The van der Waals surface area contributed by atoms with E-state index in [9.17, 15) is 13.6 Å². The van der Waals surface area contributed by atoms with Gasteiger partial charge in [0.2, 0.25) is 0 Å². The van der Waals surface area contributed by atoms with Crippen LogP contribution in [0.25, 0.3) is 0 Å². The molecule has 0 aliphatic heterocycles. The number of carboxylic acid groups (broad SMARTS) is 1. The number of alkyl halides is 2. The highest BCUT2D eigenvalue weighted by atomic mass is 19.3. The van der Waals surface area contributed by atoms with E-state index in [1.807, 2.05) is 0 Å². The van der Waals surface area contributed by atoms with Crippen LogP contribution in [0.1, 0.15) is 12.8 Å². The van der Waals surface area contributed by atoms with Gasteiger partial charge in [0.15, 0.2) is 0 Å². The molecule has 0 heterocycles. The van der Waals surface area contributed by atoms with Gasteiger partial charge >= 0.3 is 11.9 Å². The quantitative estimate of drug-likeness (QED) is 0.641. The average Bonchev–Trinajstić information content (AvgIpc) is 2.66. The Balaban J connectivity index is 2.61. The van der Waals surface area contributed by atoms with Crippen LogP contribution in [0.4, 0.5) is 8.78 Å². The molecule has 1 unspecified atom stereocenters. The molecule has 0 aromatic heterocycles. The molecule has 5 heteroatoms. The van der Waals surface area contributed by atoms with Gasteiger partial charge in [-0.2, -0.15) is 8.78 Å². The van der Waals surface area contributed by atoms with Crippen molar-refractivity contribution in [3.05, 3.63) is 0 Å². The van der Waals surface area contributed by atoms with Crippen LogP contribution >= 0.6 is 0 Å². The van der Waals surface area contributed by atoms with Crippen LogP contribution in [0, 0.1) is 5.92 Å². The average molecular weight is 166 g/mol. The van der Waals surface area contributed by atoms with Crippen molar-refractivity contribution in [3.63, 3.8) is 0 Å². The lowest BCUT2D eigenvalue weighted by Crippen LogP contribution is -2.42. The number of hydrogen-bond donors (Lipinski definition) is 2. The molecule has 64 valence electrons. The van der Waals surface area contributed by atoms with E-state index in [0.717, 1.165) is 0 Å². The van der Waals surface area contributed by atoms with Gasteiger partial charge in [-0.05, 0) is 18.8 Å². The third kappa shape index (κ3) is 1.48. The molecule has 0 saturated heterocycles. The Morgan fingerprint density at radius 1 is 1.55 bits per heavy atom. The predicted octanol–water partition coefficient (Wildman–Crippen LogP) is 0.477. The van der Waals surface area contributed by atoms with Crippen LogP contribution < -0.4 is 0 Å². The first kappa shape index (κ1) is 8.39. The zero-order valence-electron chi connectivity index (χ0n) is 5.63. The molecule has 0 amide bonds. The highest BCUT2D eigenvalue weighted by Crippen LogP contribution is 2.39. The van der Waals surface area contributed by atoms with Gasteiger partial charge in [0.05, 0.1) is 0 Å². The number of aliphatic hydroxyl groups excluding tert-OH is 1. The van der Waals surface area contributed by atoms with E-state index in [2.05, 4.69) is 0 Å². The van der Waals surface area contributed by atoms with Crippen molar-refractivity contribution in [2.45, 2.75) is 24.9 Å². The van der Waals surface area contributed by atoms with Crippen LogP contribution in [0.5, 0.6) is 0 Å². The Hall–Kier alpha value is -0.710. The Bertz CT molecular complexity index is 177. The molecule has 2 N–H and O–H groups in total. The molecule has 1 aliphatic rings. The summed E-state index contributed by atoms with van der Waals surface area (Å²) in [5, 5.41) is 16.7. The van der Waals surface area contributed by atoms with E-state index >= 15 is 0 Å². The van der Waals surface area contributed by atoms with Crippen molar-refractivity contribution in [2.75, 3.05) is 0 Å². The largest absolute Gasteiger partial charge is 0.477 e. The lowest BCUT2D eigenvalue weighted by Gasteiger charge is -2.16. The van der Waals surface area contributed by atoms with Gasteiger partial charge in [-0.25, -0.2) is 4.79 Å². The fourth-order valence-electron chi connectivity index (χ4n) is 0.834. The van der Waals surface area contributed by atoms with Crippen molar-refractivity contribution in [1.29, 1.82) is 0 Å². The fourth-order valence-corrected chi connectivity index (χ4v) is 0.834. The molecule has 0 radical (unpaired) electrons. The Kier molecular flexibility index (Phi) is 1.83. The Labute approximate surface area is 61.6 Å². The molecule has 1 saturated carbocycles. The highest BCUT2D eigenvalue weighted by Gasteiger charge is 2.53. The number of aliphatic hydroxyl groups is 1. The summed E-state index contributed by atoms with van der Waals surface area (Å²) in [4.78, 5) is 9.88. The zero-order valence-corrected chi connectivity index (χ0v) is 5.63. The van der Waals surface area contributed by atoms with E-state index < -0.39 is 23.9 Å². The lowest BCUT2D eigenvalue weighted by molar-refractivity contribution is -0.184. The maximum absolute atomic E-state index is 12.4. The molecule has 1 rings (SSSR count).